The fourth-order valence-corrected chi connectivity index (χ4v) is 2.07. The van der Waals surface area contributed by atoms with Crippen LogP contribution in [0, 0.1) is 5.92 Å². The van der Waals surface area contributed by atoms with Gasteiger partial charge in [-0.25, -0.2) is 4.99 Å². The van der Waals surface area contributed by atoms with Crippen LogP contribution in [-0.2, 0) is 4.79 Å². The zero-order valence-corrected chi connectivity index (χ0v) is 13.4. The van der Waals surface area contributed by atoms with Gasteiger partial charge in [-0.3, -0.25) is 4.79 Å². The number of amides is 1. The molecule has 0 unspecified atom stereocenters. The first-order valence-corrected chi connectivity index (χ1v) is 6.91. The summed E-state index contributed by atoms with van der Waals surface area (Å²) in [6.45, 7) is 3.94. The summed E-state index contributed by atoms with van der Waals surface area (Å²) in [6, 6.07) is 3.46. The SMILES string of the molecule is COc1cc(OC)c(OC)cc1/C=C1/N=C(C(C)C)NC1=O. The van der Waals surface area contributed by atoms with Gasteiger partial charge in [0.1, 0.15) is 17.3 Å². The van der Waals surface area contributed by atoms with Crippen LogP contribution in [0.4, 0.5) is 0 Å². The topological polar surface area (TPSA) is 69.2 Å². The Hall–Kier alpha value is -2.50. The monoisotopic (exact) mass is 304 g/mol. The van der Waals surface area contributed by atoms with Crippen molar-refractivity contribution in [3.63, 3.8) is 0 Å². The van der Waals surface area contributed by atoms with Gasteiger partial charge in [0, 0.05) is 17.5 Å². The molecule has 0 fully saturated rings. The summed E-state index contributed by atoms with van der Waals surface area (Å²) in [6.07, 6.45) is 1.67. The third kappa shape index (κ3) is 3.05. The van der Waals surface area contributed by atoms with Crippen LogP contribution in [0.2, 0.25) is 0 Å². The maximum atomic E-state index is 12.0. The van der Waals surface area contributed by atoms with Crippen molar-refractivity contribution in [1.82, 2.24) is 5.32 Å². The standard InChI is InChI=1S/C16H20N2O4/c1-9(2)15-17-11(16(19)18-15)6-10-7-13(21-4)14(22-5)8-12(10)20-3/h6-9H,1-5H3,(H,17,18,19)/b11-6+. The number of rotatable bonds is 5. The van der Waals surface area contributed by atoms with Gasteiger partial charge < -0.3 is 19.5 Å². The van der Waals surface area contributed by atoms with Crippen LogP contribution < -0.4 is 19.5 Å². The minimum atomic E-state index is -0.222. The van der Waals surface area contributed by atoms with Gasteiger partial charge in [-0.1, -0.05) is 13.8 Å². The molecule has 6 heteroatoms. The van der Waals surface area contributed by atoms with E-state index in [9.17, 15) is 4.79 Å². The molecule has 1 aliphatic heterocycles. The van der Waals surface area contributed by atoms with Crippen LogP contribution in [0.5, 0.6) is 17.2 Å². The largest absolute Gasteiger partial charge is 0.496 e. The Bertz CT molecular complexity index is 648. The molecule has 1 amide bonds. The Kier molecular flexibility index (Phi) is 4.70. The number of methoxy groups -OCH3 is 3. The van der Waals surface area contributed by atoms with Crippen molar-refractivity contribution in [2.75, 3.05) is 21.3 Å². The Morgan fingerprint density at radius 2 is 1.64 bits per heavy atom. The van der Waals surface area contributed by atoms with E-state index in [0.717, 1.165) is 0 Å². The van der Waals surface area contributed by atoms with Gasteiger partial charge in [-0.2, -0.15) is 0 Å². The van der Waals surface area contributed by atoms with Crippen molar-refractivity contribution in [3.8, 4) is 17.2 Å². The molecule has 2 rings (SSSR count). The first kappa shape index (κ1) is 15.9. The van der Waals surface area contributed by atoms with E-state index >= 15 is 0 Å². The molecule has 0 aromatic heterocycles. The second-order valence-electron chi connectivity index (χ2n) is 5.08. The number of nitrogens with zero attached hydrogens (tertiary/aromatic N) is 1. The summed E-state index contributed by atoms with van der Waals surface area (Å²) >= 11 is 0. The molecule has 0 saturated heterocycles. The summed E-state index contributed by atoms with van der Waals surface area (Å²) < 4.78 is 15.9. The number of hydrogen-bond acceptors (Lipinski definition) is 5. The van der Waals surface area contributed by atoms with Crippen LogP contribution in [0.3, 0.4) is 0 Å². The van der Waals surface area contributed by atoms with Crippen molar-refractivity contribution in [2.24, 2.45) is 10.9 Å². The number of nitrogens with one attached hydrogen (secondary N) is 1. The van der Waals surface area contributed by atoms with Crippen LogP contribution in [-0.4, -0.2) is 33.1 Å². The predicted molar refractivity (Wildman–Crippen MR) is 84.5 cm³/mol. The van der Waals surface area contributed by atoms with Gasteiger partial charge in [0.05, 0.1) is 21.3 Å². The molecule has 0 atom stereocenters. The van der Waals surface area contributed by atoms with Crippen molar-refractivity contribution in [2.45, 2.75) is 13.8 Å². The van der Waals surface area contributed by atoms with E-state index in [2.05, 4.69) is 10.3 Å². The van der Waals surface area contributed by atoms with E-state index in [1.807, 2.05) is 13.8 Å². The van der Waals surface area contributed by atoms with E-state index in [0.29, 0.717) is 34.3 Å². The van der Waals surface area contributed by atoms with Crippen molar-refractivity contribution in [3.05, 3.63) is 23.4 Å². The average molecular weight is 304 g/mol. The minimum Gasteiger partial charge on any atom is -0.496 e. The summed E-state index contributed by atoms with van der Waals surface area (Å²) in [5, 5.41) is 2.76. The van der Waals surface area contributed by atoms with Crippen LogP contribution in [0.1, 0.15) is 19.4 Å². The number of carbonyl (C=O) groups is 1. The summed E-state index contributed by atoms with van der Waals surface area (Å²) in [5.41, 5.74) is 1.04. The molecular weight excluding hydrogens is 284 g/mol. The first-order chi connectivity index (χ1) is 10.5. The molecule has 0 radical (unpaired) electrons. The third-order valence-electron chi connectivity index (χ3n) is 3.29. The maximum absolute atomic E-state index is 12.0. The predicted octanol–water partition coefficient (Wildman–Crippen LogP) is 2.24. The quantitative estimate of drug-likeness (QED) is 0.847. The van der Waals surface area contributed by atoms with Crippen LogP contribution in [0.15, 0.2) is 22.8 Å². The van der Waals surface area contributed by atoms with Gasteiger partial charge >= 0.3 is 0 Å². The highest BCUT2D eigenvalue weighted by molar-refractivity contribution is 6.14. The van der Waals surface area contributed by atoms with E-state index < -0.39 is 0 Å². The molecule has 1 aromatic rings. The lowest BCUT2D eigenvalue weighted by molar-refractivity contribution is -0.115. The van der Waals surface area contributed by atoms with Crippen LogP contribution >= 0.6 is 0 Å². The lowest BCUT2D eigenvalue weighted by Crippen LogP contribution is -2.27. The average Bonchev–Trinajstić information content (AvgIpc) is 2.88. The van der Waals surface area contributed by atoms with E-state index in [1.165, 1.54) is 0 Å². The van der Waals surface area contributed by atoms with Gasteiger partial charge in [-0.05, 0) is 12.1 Å². The number of amidine groups is 1. The minimum absolute atomic E-state index is 0.155. The number of aliphatic imine (C=N–C) groups is 1. The molecular formula is C16H20N2O4. The third-order valence-corrected chi connectivity index (χ3v) is 3.29. The van der Waals surface area contributed by atoms with E-state index in [1.54, 1.807) is 39.5 Å². The molecule has 0 saturated carbocycles. The fourth-order valence-electron chi connectivity index (χ4n) is 2.07. The molecule has 0 aliphatic carbocycles. The van der Waals surface area contributed by atoms with E-state index in [-0.39, 0.29) is 11.8 Å². The van der Waals surface area contributed by atoms with Gasteiger partial charge in [0.25, 0.3) is 5.91 Å². The molecule has 0 bridgehead atoms. The lowest BCUT2D eigenvalue weighted by atomic mass is 10.1. The first-order valence-electron chi connectivity index (χ1n) is 6.91. The molecule has 1 aromatic carbocycles. The second-order valence-corrected chi connectivity index (χ2v) is 5.08. The highest BCUT2D eigenvalue weighted by Gasteiger charge is 2.22. The maximum Gasteiger partial charge on any atom is 0.275 e. The molecule has 118 valence electrons. The zero-order chi connectivity index (χ0) is 16.3. The summed E-state index contributed by atoms with van der Waals surface area (Å²) in [4.78, 5) is 16.3. The Labute approximate surface area is 129 Å². The Morgan fingerprint density at radius 1 is 1.05 bits per heavy atom. The van der Waals surface area contributed by atoms with Gasteiger partial charge in [-0.15, -0.1) is 0 Å². The fraction of sp³-hybridized carbons (Fsp3) is 0.375. The number of carbonyl (C=O) groups excluding carboxylic acids is 1. The normalized spacial score (nSPS) is 15.8. The van der Waals surface area contributed by atoms with Crippen molar-refractivity contribution >= 4 is 17.8 Å². The summed E-state index contributed by atoms with van der Waals surface area (Å²) in [5.74, 6) is 2.29. The highest BCUT2D eigenvalue weighted by Crippen LogP contribution is 2.36. The Balaban J connectivity index is 2.48. The number of benzene rings is 1. The summed E-state index contributed by atoms with van der Waals surface area (Å²) in [7, 11) is 4.67. The smallest absolute Gasteiger partial charge is 0.275 e. The molecule has 1 N–H and O–H groups in total. The van der Waals surface area contributed by atoms with Crippen molar-refractivity contribution < 1.29 is 19.0 Å². The number of hydrogen-bond donors (Lipinski definition) is 1. The molecule has 1 aliphatic rings. The lowest BCUT2D eigenvalue weighted by Gasteiger charge is -2.12. The number of ether oxygens (including phenoxy) is 3. The molecule has 1 heterocycles. The van der Waals surface area contributed by atoms with Crippen LogP contribution in [0.25, 0.3) is 6.08 Å². The Morgan fingerprint density at radius 3 is 2.14 bits per heavy atom. The molecule has 6 nitrogen and oxygen atoms in total. The second kappa shape index (κ2) is 6.51. The van der Waals surface area contributed by atoms with Crippen molar-refractivity contribution in [1.29, 1.82) is 0 Å². The van der Waals surface area contributed by atoms with Gasteiger partial charge in [0.15, 0.2) is 11.5 Å². The highest BCUT2D eigenvalue weighted by atomic mass is 16.5. The molecule has 22 heavy (non-hydrogen) atoms. The zero-order valence-electron chi connectivity index (χ0n) is 13.4. The molecule has 0 spiro atoms. The van der Waals surface area contributed by atoms with Gasteiger partial charge in [0.2, 0.25) is 0 Å². The van der Waals surface area contributed by atoms with E-state index in [4.69, 9.17) is 14.2 Å².